The van der Waals surface area contributed by atoms with Crippen LogP contribution in [-0.2, 0) is 14.8 Å². The first kappa shape index (κ1) is 16.1. The largest absolute Gasteiger partial charge is 0.303 e. The second-order valence-electron chi connectivity index (χ2n) is 6.33. The smallest absolute Gasteiger partial charge is 0.269 e. The molecule has 0 aromatic heterocycles. The van der Waals surface area contributed by atoms with Crippen LogP contribution >= 0.6 is 0 Å². The maximum Gasteiger partial charge on any atom is 0.269 e. The molecule has 3 rings (SSSR count). The summed E-state index contributed by atoms with van der Waals surface area (Å²) >= 11 is 0. The molecule has 23 heavy (non-hydrogen) atoms. The van der Waals surface area contributed by atoms with Gasteiger partial charge in [0.25, 0.3) is 5.69 Å². The van der Waals surface area contributed by atoms with E-state index in [1.54, 1.807) is 0 Å². The zero-order valence-corrected chi connectivity index (χ0v) is 13.5. The van der Waals surface area contributed by atoms with Crippen LogP contribution in [0.25, 0.3) is 0 Å². The molecule has 1 saturated heterocycles. The number of nitro benzene ring substituents is 1. The Kier molecular flexibility index (Phi) is 3.97. The number of nitrogens with zero attached hydrogens (tertiary/aromatic N) is 2. The van der Waals surface area contributed by atoms with Crippen molar-refractivity contribution in [1.82, 2.24) is 4.31 Å². The summed E-state index contributed by atoms with van der Waals surface area (Å²) in [6.07, 6.45) is 2.44. The topological polar surface area (TPSA) is 97.6 Å². The maximum absolute atomic E-state index is 12.9. The highest BCUT2D eigenvalue weighted by molar-refractivity contribution is 7.89. The van der Waals surface area contributed by atoms with E-state index in [2.05, 4.69) is 0 Å². The summed E-state index contributed by atoms with van der Waals surface area (Å²) in [5.74, 6) is 0.147. The number of hydrogen-bond donors (Lipinski definition) is 0. The molecule has 8 heteroatoms. The van der Waals surface area contributed by atoms with Gasteiger partial charge >= 0.3 is 0 Å². The van der Waals surface area contributed by atoms with Gasteiger partial charge in [-0.3, -0.25) is 10.1 Å². The molecule has 0 spiro atoms. The lowest BCUT2D eigenvalue weighted by atomic mass is 9.93. The number of aldehydes is 1. The van der Waals surface area contributed by atoms with E-state index in [1.807, 2.05) is 6.92 Å². The Labute approximate surface area is 134 Å². The van der Waals surface area contributed by atoms with E-state index >= 15 is 0 Å². The van der Waals surface area contributed by atoms with E-state index in [0.717, 1.165) is 19.1 Å². The van der Waals surface area contributed by atoms with Crippen LogP contribution in [0.3, 0.4) is 0 Å². The van der Waals surface area contributed by atoms with Crippen LogP contribution in [0.2, 0.25) is 0 Å². The van der Waals surface area contributed by atoms with Crippen LogP contribution in [0.1, 0.15) is 19.8 Å². The minimum Gasteiger partial charge on any atom is -0.303 e. The molecule has 0 amide bonds. The molecule has 1 aromatic carbocycles. The van der Waals surface area contributed by atoms with Crippen molar-refractivity contribution in [2.24, 2.45) is 17.8 Å². The van der Waals surface area contributed by atoms with Gasteiger partial charge in [0.05, 0.1) is 9.82 Å². The molecule has 2 fully saturated rings. The van der Waals surface area contributed by atoms with Crippen molar-refractivity contribution in [2.75, 3.05) is 6.54 Å². The maximum atomic E-state index is 12.9. The molecule has 1 aliphatic heterocycles. The minimum absolute atomic E-state index is 0.0347. The lowest BCUT2D eigenvalue weighted by Crippen LogP contribution is -2.40. The zero-order valence-electron chi connectivity index (χ0n) is 12.7. The van der Waals surface area contributed by atoms with Crippen molar-refractivity contribution in [3.63, 3.8) is 0 Å². The molecular formula is C15H18N2O5S. The van der Waals surface area contributed by atoms with Crippen LogP contribution in [0, 0.1) is 27.9 Å². The Morgan fingerprint density at radius 2 is 1.91 bits per heavy atom. The predicted octanol–water partition coefficient (Wildman–Crippen LogP) is 1.83. The van der Waals surface area contributed by atoms with Crippen molar-refractivity contribution >= 4 is 22.0 Å². The quantitative estimate of drug-likeness (QED) is 0.474. The van der Waals surface area contributed by atoms with E-state index in [9.17, 15) is 23.3 Å². The Bertz CT molecular complexity index is 731. The summed E-state index contributed by atoms with van der Waals surface area (Å²) in [5, 5.41) is 10.7. The van der Waals surface area contributed by atoms with Gasteiger partial charge in [-0.05, 0) is 36.8 Å². The number of rotatable bonds is 4. The van der Waals surface area contributed by atoms with Gasteiger partial charge in [-0.25, -0.2) is 8.42 Å². The first-order chi connectivity index (χ1) is 10.9. The van der Waals surface area contributed by atoms with Gasteiger partial charge in [-0.15, -0.1) is 0 Å². The number of carbonyl (C=O) groups is 1. The second kappa shape index (κ2) is 5.68. The lowest BCUT2D eigenvalue weighted by molar-refractivity contribution is -0.384. The molecule has 1 heterocycles. The van der Waals surface area contributed by atoms with Crippen LogP contribution in [0.4, 0.5) is 5.69 Å². The molecule has 7 nitrogen and oxygen atoms in total. The van der Waals surface area contributed by atoms with Crippen molar-refractivity contribution < 1.29 is 18.1 Å². The summed E-state index contributed by atoms with van der Waals surface area (Å²) < 4.78 is 27.2. The molecule has 0 unspecified atom stereocenters. The normalized spacial score (nSPS) is 31.0. The molecule has 2 aliphatic rings. The number of sulfonamides is 1. The van der Waals surface area contributed by atoms with Crippen LogP contribution in [-0.4, -0.2) is 36.5 Å². The van der Waals surface area contributed by atoms with Gasteiger partial charge in [0.2, 0.25) is 10.0 Å². The Balaban J connectivity index is 1.95. The summed E-state index contributed by atoms with van der Waals surface area (Å²) in [4.78, 5) is 21.5. The van der Waals surface area contributed by atoms with E-state index in [4.69, 9.17) is 0 Å². The Morgan fingerprint density at radius 1 is 1.26 bits per heavy atom. The summed E-state index contributed by atoms with van der Waals surface area (Å²) in [5.41, 5.74) is -0.150. The highest BCUT2D eigenvalue weighted by Gasteiger charge is 2.51. The van der Waals surface area contributed by atoms with Crippen molar-refractivity contribution in [1.29, 1.82) is 0 Å². The Hall–Kier alpha value is -1.80. The molecule has 124 valence electrons. The SMILES string of the molecule is C[C@@H]1CN(S(=O)(=O)c2ccc([N+](=O)[O-])cc2)[C@H]2[C@@H]1CC[C@@H]2C=O. The van der Waals surface area contributed by atoms with Gasteiger partial charge in [-0.2, -0.15) is 4.31 Å². The number of non-ortho nitro benzene ring substituents is 1. The third-order valence-electron chi connectivity index (χ3n) is 5.07. The number of hydrogen-bond acceptors (Lipinski definition) is 5. The van der Waals surface area contributed by atoms with Crippen molar-refractivity contribution in [3.05, 3.63) is 34.4 Å². The fraction of sp³-hybridized carbons (Fsp3) is 0.533. The number of nitro groups is 1. The van der Waals surface area contributed by atoms with Gasteiger partial charge in [-0.1, -0.05) is 6.92 Å². The van der Waals surface area contributed by atoms with Crippen molar-refractivity contribution in [2.45, 2.75) is 30.7 Å². The molecule has 0 bridgehead atoms. The van der Waals surface area contributed by atoms with Crippen LogP contribution in [0.15, 0.2) is 29.2 Å². The predicted molar refractivity (Wildman–Crippen MR) is 82.2 cm³/mol. The third kappa shape index (κ3) is 2.55. The van der Waals surface area contributed by atoms with E-state index < -0.39 is 14.9 Å². The molecule has 0 radical (unpaired) electrons. The van der Waals surface area contributed by atoms with Gasteiger partial charge in [0.1, 0.15) is 6.29 Å². The van der Waals surface area contributed by atoms with Gasteiger partial charge in [0, 0.05) is 30.6 Å². The van der Waals surface area contributed by atoms with E-state index in [0.29, 0.717) is 6.54 Å². The van der Waals surface area contributed by atoms with Crippen LogP contribution < -0.4 is 0 Å². The van der Waals surface area contributed by atoms with Gasteiger partial charge in [0.15, 0.2) is 0 Å². The number of carbonyl (C=O) groups excluding carboxylic acids is 1. The molecular weight excluding hydrogens is 320 g/mol. The zero-order chi connectivity index (χ0) is 16.8. The fourth-order valence-corrected chi connectivity index (χ4v) is 5.73. The summed E-state index contributed by atoms with van der Waals surface area (Å²) in [6, 6.07) is 4.61. The average Bonchev–Trinajstić information content (AvgIpc) is 3.08. The van der Waals surface area contributed by atoms with Crippen molar-refractivity contribution in [3.8, 4) is 0 Å². The molecule has 4 atom stereocenters. The van der Waals surface area contributed by atoms with E-state index in [-0.39, 0.29) is 34.4 Å². The first-order valence-corrected chi connectivity index (χ1v) is 9.02. The van der Waals surface area contributed by atoms with Gasteiger partial charge < -0.3 is 4.79 Å². The molecule has 1 aromatic rings. The Morgan fingerprint density at radius 3 is 2.48 bits per heavy atom. The average molecular weight is 338 g/mol. The lowest BCUT2D eigenvalue weighted by Gasteiger charge is -2.26. The number of fused-ring (bicyclic) bond motifs is 1. The monoisotopic (exact) mass is 338 g/mol. The minimum atomic E-state index is -3.76. The van der Waals surface area contributed by atoms with Crippen LogP contribution in [0.5, 0.6) is 0 Å². The molecule has 1 aliphatic carbocycles. The highest BCUT2D eigenvalue weighted by Crippen LogP contribution is 2.46. The number of benzene rings is 1. The highest BCUT2D eigenvalue weighted by atomic mass is 32.2. The summed E-state index contributed by atoms with van der Waals surface area (Å²) in [7, 11) is -3.76. The standard InChI is InChI=1S/C15H18N2O5S/c1-10-8-16(15-11(9-18)2-7-14(10)15)23(21,22)13-5-3-12(4-6-13)17(19)20/h3-6,9-11,14-15H,2,7-8H2,1H3/t10-,11-,14-,15-/m1/s1. The molecule has 0 N–H and O–H groups in total. The second-order valence-corrected chi connectivity index (χ2v) is 8.23. The molecule has 1 saturated carbocycles. The fourth-order valence-electron chi connectivity index (χ4n) is 3.92. The van der Waals surface area contributed by atoms with E-state index in [1.165, 1.54) is 28.6 Å². The third-order valence-corrected chi connectivity index (χ3v) is 6.95. The summed E-state index contributed by atoms with van der Waals surface area (Å²) in [6.45, 7) is 2.40. The first-order valence-electron chi connectivity index (χ1n) is 7.58.